The fraction of sp³-hybridized carbons (Fsp3) is 0.429. The van der Waals surface area contributed by atoms with Crippen LogP contribution in [0.3, 0.4) is 0 Å². The summed E-state index contributed by atoms with van der Waals surface area (Å²) in [5, 5.41) is 2.99. The van der Waals surface area contributed by atoms with Crippen LogP contribution in [0.1, 0.15) is 5.56 Å². The lowest BCUT2D eigenvalue weighted by Gasteiger charge is -2.09. The van der Waals surface area contributed by atoms with Crippen molar-refractivity contribution < 1.29 is 0 Å². The Hall–Kier alpha value is -0.740. The van der Waals surface area contributed by atoms with Gasteiger partial charge in [0.05, 0.1) is 5.69 Å². The van der Waals surface area contributed by atoms with E-state index in [0.29, 0.717) is 17.6 Å². The molecule has 0 heterocycles. The molecule has 3 nitrogen and oxygen atoms in total. The van der Waals surface area contributed by atoms with Crippen molar-refractivity contribution in [3.05, 3.63) is 20.3 Å². The van der Waals surface area contributed by atoms with Crippen molar-refractivity contribution in [1.82, 2.24) is 0 Å². The van der Waals surface area contributed by atoms with Crippen LogP contribution < -0.4 is 16.5 Å². The molecular formula is C7H10N2OS. The number of hydrogen-bond acceptors (Lipinski definition) is 4. The predicted octanol–water partition coefficient (Wildman–Crippen LogP) is 0.331. The van der Waals surface area contributed by atoms with Crippen LogP contribution >= 0.6 is 12.2 Å². The van der Waals surface area contributed by atoms with Gasteiger partial charge in [-0.25, -0.2) is 0 Å². The highest BCUT2D eigenvalue weighted by atomic mass is 32.1. The van der Waals surface area contributed by atoms with Crippen LogP contribution in [0, 0.1) is 11.4 Å². The maximum atomic E-state index is 10.9. The minimum Gasteiger partial charge on any atom is -0.382 e. The molecule has 60 valence electrons. The molecule has 4 heteroatoms. The summed E-state index contributed by atoms with van der Waals surface area (Å²) in [4.78, 5) is 10.9. The molecule has 0 radical (unpaired) electrons. The van der Waals surface area contributed by atoms with E-state index in [9.17, 15) is 4.79 Å². The molecule has 1 rings (SSSR count). The van der Waals surface area contributed by atoms with Gasteiger partial charge < -0.3 is 11.1 Å². The second-order valence-corrected chi connectivity index (χ2v) is 2.78. The molecule has 0 aliphatic heterocycles. The van der Waals surface area contributed by atoms with Gasteiger partial charge in [-0.1, -0.05) is 12.2 Å². The van der Waals surface area contributed by atoms with E-state index in [-0.39, 0.29) is 5.43 Å². The summed E-state index contributed by atoms with van der Waals surface area (Å²) in [5.74, 6) is 0. The van der Waals surface area contributed by atoms with Crippen molar-refractivity contribution in [3.63, 3.8) is 0 Å². The summed E-state index contributed by atoms with van der Waals surface area (Å²) < 4.78 is 0.413. The molecule has 0 saturated heterocycles. The summed E-state index contributed by atoms with van der Waals surface area (Å²) in [5.41, 5.74) is 6.78. The van der Waals surface area contributed by atoms with E-state index in [2.05, 4.69) is 5.32 Å². The third kappa shape index (κ3) is 1.32. The van der Waals surface area contributed by atoms with Gasteiger partial charge in [-0.3, -0.25) is 4.79 Å². The van der Waals surface area contributed by atoms with Crippen molar-refractivity contribution >= 4 is 17.9 Å². The third-order valence-corrected chi connectivity index (χ3v) is 1.98. The van der Waals surface area contributed by atoms with Gasteiger partial charge in [0.1, 0.15) is 4.51 Å². The Morgan fingerprint density at radius 2 is 2.27 bits per heavy atom. The summed E-state index contributed by atoms with van der Waals surface area (Å²) in [7, 11) is 0. The smallest absolute Gasteiger partial charge is 0.203 e. The van der Waals surface area contributed by atoms with Crippen LogP contribution in [0.2, 0.25) is 0 Å². The largest absolute Gasteiger partial charge is 0.382 e. The van der Waals surface area contributed by atoms with Gasteiger partial charge in [0.2, 0.25) is 5.43 Å². The van der Waals surface area contributed by atoms with E-state index in [4.69, 9.17) is 18.0 Å². The lowest BCUT2D eigenvalue weighted by Crippen LogP contribution is -2.22. The Balaban J connectivity index is 2.75. The molecule has 0 bridgehead atoms. The van der Waals surface area contributed by atoms with E-state index < -0.39 is 0 Å². The van der Waals surface area contributed by atoms with Crippen molar-refractivity contribution in [1.29, 1.82) is 0 Å². The molecule has 0 spiro atoms. The second kappa shape index (κ2) is 3.11. The monoisotopic (exact) mass is 170 g/mol. The van der Waals surface area contributed by atoms with Crippen molar-refractivity contribution in [2.24, 2.45) is 5.73 Å². The lowest BCUT2D eigenvalue weighted by atomic mass is 10.1. The zero-order valence-corrected chi connectivity index (χ0v) is 7.12. The highest BCUT2D eigenvalue weighted by Crippen LogP contribution is 2.14. The number of nitrogens with one attached hydrogen (secondary N) is 1. The standard InChI is InChI=1S/C7H10N2OS/c1-4-5(9-3-2-8)7(11)6(4)10/h9H,2-3,8H2,1H3. The van der Waals surface area contributed by atoms with Gasteiger partial charge in [0.15, 0.2) is 0 Å². The van der Waals surface area contributed by atoms with E-state index in [1.807, 2.05) is 0 Å². The number of nitrogens with two attached hydrogens (primary N) is 1. The Morgan fingerprint density at radius 3 is 2.73 bits per heavy atom. The zero-order valence-electron chi connectivity index (χ0n) is 6.31. The summed E-state index contributed by atoms with van der Waals surface area (Å²) in [6, 6.07) is 0. The van der Waals surface area contributed by atoms with Gasteiger partial charge in [-0.15, -0.1) is 0 Å². The number of anilines is 1. The molecule has 0 atom stereocenters. The van der Waals surface area contributed by atoms with E-state index in [1.54, 1.807) is 6.92 Å². The highest BCUT2D eigenvalue weighted by Gasteiger charge is 2.11. The molecular weight excluding hydrogens is 160 g/mol. The van der Waals surface area contributed by atoms with E-state index in [0.717, 1.165) is 11.3 Å². The Morgan fingerprint density at radius 1 is 1.64 bits per heavy atom. The molecule has 1 aromatic carbocycles. The highest BCUT2D eigenvalue weighted by molar-refractivity contribution is 7.71. The third-order valence-electron chi connectivity index (χ3n) is 1.59. The summed E-state index contributed by atoms with van der Waals surface area (Å²) in [6.45, 7) is 2.98. The first-order chi connectivity index (χ1) is 5.18. The minimum atomic E-state index is -0.0143. The van der Waals surface area contributed by atoms with E-state index in [1.165, 1.54) is 0 Å². The van der Waals surface area contributed by atoms with Crippen LogP contribution in [0.15, 0.2) is 4.79 Å². The van der Waals surface area contributed by atoms with Crippen LogP contribution in [-0.4, -0.2) is 13.1 Å². The molecule has 0 saturated carbocycles. The Labute approximate surface area is 69.9 Å². The van der Waals surface area contributed by atoms with Gasteiger partial charge in [0.25, 0.3) is 0 Å². The van der Waals surface area contributed by atoms with Gasteiger partial charge in [0, 0.05) is 18.7 Å². The quantitative estimate of drug-likeness (QED) is 0.642. The van der Waals surface area contributed by atoms with Crippen LogP contribution in [0.25, 0.3) is 0 Å². The molecule has 0 aromatic heterocycles. The normalized spacial score (nSPS) is 10.4. The first-order valence-corrected chi connectivity index (χ1v) is 3.83. The molecule has 0 amide bonds. The van der Waals surface area contributed by atoms with Crippen molar-refractivity contribution in [2.45, 2.75) is 6.92 Å². The molecule has 0 unspecified atom stereocenters. The fourth-order valence-corrected chi connectivity index (χ4v) is 1.29. The maximum Gasteiger partial charge on any atom is 0.203 e. The number of rotatable bonds is 3. The fourth-order valence-electron chi connectivity index (χ4n) is 0.915. The first kappa shape index (κ1) is 8.36. The maximum absolute atomic E-state index is 10.9. The van der Waals surface area contributed by atoms with Gasteiger partial charge >= 0.3 is 0 Å². The molecule has 0 fully saturated rings. The molecule has 11 heavy (non-hydrogen) atoms. The first-order valence-electron chi connectivity index (χ1n) is 3.42. The van der Waals surface area contributed by atoms with Crippen LogP contribution in [0.4, 0.5) is 5.69 Å². The summed E-state index contributed by atoms with van der Waals surface area (Å²) in [6.07, 6.45) is 0. The average molecular weight is 170 g/mol. The Kier molecular flexibility index (Phi) is 2.36. The van der Waals surface area contributed by atoms with Crippen molar-refractivity contribution in [2.75, 3.05) is 18.4 Å². The summed E-state index contributed by atoms with van der Waals surface area (Å²) >= 11 is 4.81. The molecule has 3 N–H and O–H groups in total. The lowest BCUT2D eigenvalue weighted by molar-refractivity contribution is 1.01. The topological polar surface area (TPSA) is 55.1 Å². The van der Waals surface area contributed by atoms with Gasteiger partial charge in [-0.05, 0) is 6.92 Å². The zero-order chi connectivity index (χ0) is 8.43. The Bertz CT molecular complexity index is 325. The minimum absolute atomic E-state index is 0.0143. The second-order valence-electron chi connectivity index (χ2n) is 2.37. The van der Waals surface area contributed by atoms with Gasteiger partial charge in [-0.2, -0.15) is 0 Å². The molecule has 0 aliphatic rings. The van der Waals surface area contributed by atoms with E-state index >= 15 is 0 Å². The van der Waals surface area contributed by atoms with Crippen LogP contribution in [0.5, 0.6) is 0 Å². The average Bonchev–Trinajstić information content (AvgIpc) is 2.04. The number of hydrogen-bond donors (Lipinski definition) is 2. The SMILES string of the molecule is Cc1c(NCCN)c(=S)c1=O. The predicted molar refractivity (Wildman–Crippen MR) is 48.2 cm³/mol. The molecule has 1 aromatic rings. The molecule has 0 aliphatic carbocycles. The van der Waals surface area contributed by atoms with Crippen LogP contribution in [-0.2, 0) is 0 Å². The van der Waals surface area contributed by atoms with Crippen molar-refractivity contribution in [3.8, 4) is 0 Å².